The molecule has 0 fully saturated rings. The Balaban J connectivity index is 1.89. The maximum absolute atomic E-state index is 11.2. The van der Waals surface area contributed by atoms with E-state index in [4.69, 9.17) is 0 Å². The number of para-hydroxylation sites is 1. The van der Waals surface area contributed by atoms with E-state index in [1.165, 1.54) is 35.0 Å². The zero-order valence-corrected chi connectivity index (χ0v) is 14.4. The molecule has 4 rings (SSSR count). The fourth-order valence-electron chi connectivity index (χ4n) is 2.98. The zero-order valence-electron chi connectivity index (χ0n) is 14.4. The number of nitrogens with one attached hydrogen (secondary N) is 1. The lowest BCUT2D eigenvalue weighted by Gasteiger charge is -2.22. The van der Waals surface area contributed by atoms with Crippen LogP contribution >= 0.6 is 0 Å². The molecule has 0 bridgehead atoms. The molecule has 9 heteroatoms. The van der Waals surface area contributed by atoms with Crippen molar-refractivity contribution < 1.29 is 15.1 Å². The number of aromatic nitrogens is 3. The highest BCUT2D eigenvalue weighted by atomic mass is 16.6. The van der Waals surface area contributed by atoms with Crippen molar-refractivity contribution in [2.45, 2.75) is 6.17 Å². The van der Waals surface area contributed by atoms with Gasteiger partial charge in [0.1, 0.15) is 17.0 Å². The summed E-state index contributed by atoms with van der Waals surface area (Å²) in [7, 11) is 0. The second-order valence-corrected chi connectivity index (χ2v) is 6.12. The molecular weight excluding hydrogens is 362 g/mol. The Hall–Kier alpha value is -4.14. The third kappa shape index (κ3) is 3.16. The molecule has 28 heavy (non-hydrogen) atoms. The fraction of sp³-hybridized carbons (Fsp3) is 0.0526. The molecule has 0 radical (unpaired) electrons. The van der Waals surface area contributed by atoms with Crippen LogP contribution in [-0.2, 0) is 0 Å². The number of rotatable bonds is 5. The van der Waals surface area contributed by atoms with Gasteiger partial charge in [-0.3, -0.25) is 10.1 Å². The molecule has 3 N–H and O–H groups in total. The van der Waals surface area contributed by atoms with E-state index in [1.807, 2.05) is 12.1 Å². The van der Waals surface area contributed by atoms with Gasteiger partial charge in [-0.25, -0.2) is 4.68 Å². The lowest BCUT2D eigenvalue weighted by atomic mass is 10.1. The molecule has 1 heterocycles. The first-order valence-corrected chi connectivity index (χ1v) is 8.36. The Morgan fingerprint density at radius 2 is 1.86 bits per heavy atom. The van der Waals surface area contributed by atoms with Crippen molar-refractivity contribution in [3.63, 3.8) is 0 Å². The van der Waals surface area contributed by atoms with Crippen LogP contribution in [-0.4, -0.2) is 30.1 Å². The highest BCUT2D eigenvalue weighted by molar-refractivity contribution is 5.74. The average Bonchev–Trinajstić information content (AvgIpc) is 3.10. The Bertz CT molecular complexity index is 1170. The Labute approximate surface area is 158 Å². The van der Waals surface area contributed by atoms with E-state index in [0.717, 1.165) is 0 Å². The van der Waals surface area contributed by atoms with Gasteiger partial charge in [0, 0.05) is 29.4 Å². The van der Waals surface area contributed by atoms with E-state index in [9.17, 15) is 20.3 Å². The summed E-state index contributed by atoms with van der Waals surface area (Å²) in [6, 6.07) is 17.4. The summed E-state index contributed by atoms with van der Waals surface area (Å²) in [5, 5.41) is 42.8. The predicted molar refractivity (Wildman–Crippen MR) is 102 cm³/mol. The number of phenols is 2. The summed E-state index contributed by atoms with van der Waals surface area (Å²) < 4.78 is 1.53. The zero-order chi connectivity index (χ0) is 19.7. The molecule has 0 aliphatic rings. The normalized spacial score (nSPS) is 12.0. The highest BCUT2D eigenvalue weighted by Crippen LogP contribution is 2.33. The van der Waals surface area contributed by atoms with Crippen LogP contribution in [0.5, 0.6) is 11.5 Å². The summed E-state index contributed by atoms with van der Waals surface area (Å²) in [5.74, 6) is -0.0849. The minimum atomic E-state index is -0.811. The molecule has 140 valence electrons. The van der Waals surface area contributed by atoms with Crippen LogP contribution in [0, 0.1) is 10.1 Å². The van der Waals surface area contributed by atoms with Crippen molar-refractivity contribution in [2.75, 3.05) is 5.32 Å². The first kappa shape index (κ1) is 17.3. The summed E-state index contributed by atoms with van der Waals surface area (Å²) >= 11 is 0. The van der Waals surface area contributed by atoms with Crippen molar-refractivity contribution in [1.82, 2.24) is 15.0 Å². The van der Waals surface area contributed by atoms with Gasteiger partial charge >= 0.3 is 0 Å². The summed E-state index contributed by atoms with van der Waals surface area (Å²) in [5.41, 5.74) is 1.92. The van der Waals surface area contributed by atoms with Crippen molar-refractivity contribution in [3.8, 4) is 11.5 Å². The van der Waals surface area contributed by atoms with E-state index in [0.29, 0.717) is 16.7 Å². The fourth-order valence-corrected chi connectivity index (χ4v) is 2.98. The van der Waals surface area contributed by atoms with Crippen LogP contribution in [0.2, 0.25) is 0 Å². The maximum Gasteiger partial charge on any atom is 0.270 e. The van der Waals surface area contributed by atoms with Gasteiger partial charge in [-0.1, -0.05) is 23.4 Å². The van der Waals surface area contributed by atoms with Gasteiger partial charge in [-0.05, 0) is 30.3 Å². The summed E-state index contributed by atoms with van der Waals surface area (Å²) in [6.07, 6.45) is -0.811. The molecule has 4 aromatic rings. The third-order valence-electron chi connectivity index (χ3n) is 4.29. The summed E-state index contributed by atoms with van der Waals surface area (Å²) in [6.45, 7) is 0. The number of benzene rings is 3. The molecule has 0 aliphatic heterocycles. The molecule has 0 saturated heterocycles. The largest absolute Gasteiger partial charge is 0.508 e. The first-order chi connectivity index (χ1) is 13.5. The maximum atomic E-state index is 11.2. The van der Waals surface area contributed by atoms with Crippen LogP contribution in [0.3, 0.4) is 0 Å². The van der Waals surface area contributed by atoms with Crippen molar-refractivity contribution >= 4 is 22.4 Å². The lowest BCUT2D eigenvalue weighted by molar-refractivity contribution is -0.385. The van der Waals surface area contributed by atoms with Crippen LogP contribution in [0.15, 0.2) is 66.7 Å². The monoisotopic (exact) mass is 377 g/mol. The van der Waals surface area contributed by atoms with Crippen LogP contribution in [0.1, 0.15) is 11.7 Å². The number of phenolic OH excluding ortho intramolecular Hbond substituents is 2. The number of fused-ring (bicyclic) bond motifs is 1. The number of anilines is 1. The summed E-state index contributed by atoms with van der Waals surface area (Å²) in [4.78, 5) is 10.7. The molecular formula is C19H15N5O4. The van der Waals surface area contributed by atoms with Crippen LogP contribution in [0.25, 0.3) is 11.0 Å². The molecule has 1 unspecified atom stereocenters. The SMILES string of the molecule is O=[N+]([O-])c1ccc(O)c(C(Nc2cccc(O)c2)n2nnc3ccccc32)c1. The number of nitrogens with zero attached hydrogens (tertiary/aromatic N) is 4. The van der Waals surface area contributed by atoms with Crippen LogP contribution in [0.4, 0.5) is 11.4 Å². The van der Waals surface area contributed by atoms with E-state index >= 15 is 0 Å². The van der Waals surface area contributed by atoms with Gasteiger partial charge in [0.25, 0.3) is 5.69 Å². The van der Waals surface area contributed by atoms with E-state index < -0.39 is 11.1 Å². The molecule has 0 saturated carbocycles. The Morgan fingerprint density at radius 3 is 2.64 bits per heavy atom. The standard InChI is InChI=1S/C19H15N5O4/c25-14-5-3-4-12(10-14)20-19(15-11-13(24(27)28)8-9-18(15)26)23-17-7-2-1-6-16(17)21-22-23/h1-11,19-20,25-26H. The van der Waals surface area contributed by atoms with Crippen LogP contribution < -0.4 is 5.32 Å². The second kappa shape index (κ2) is 6.88. The lowest BCUT2D eigenvalue weighted by Crippen LogP contribution is -2.21. The van der Waals surface area contributed by atoms with Gasteiger partial charge in [-0.2, -0.15) is 0 Å². The van der Waals surface area contributed by atoms with Gasteiger partial charge < -0.3 is 15.5 Å². The quantitative estimate of drug-likeness (QED) is 0.359. The minimum Gasteiger partial charge on any atom is -0.508 e. The smallest absolute Gasteiger partial charge is 0.270 e. The Kier molecular flexibility index (Phi) is 4.24. The molecule has 0 spiro atoms. The molecule has 0 amide bonds. The van der Waals surface area contributed by atoms with Gasteiger partial charge in [0.2, 0.25) is 0 Å². The third-order valence-corrected chi connectivity index (χ3v) is 4.29. The van der Waals surface area contributed by atoms with Crippen molar-refractivity contribution in [3.05, 3.63) is 82.4 Å². The van der Waals surface area contributed by atoms with Gasteiger partial charge in [-0.15, -0.1) is 5.10 Å². The molecule has 1 aromatic heterocycles. The van der Waals surface area contributed by atoms with E-state index in [2.05, 4.69) is 15.6 Å². The highest BCUT2D eigenvalue weighted by Gasteiger charge is 2.23. The number of aromatic hydroxyl groups is 2. The number of hydrogen-bond acceptors (Lipinski definition) is 7. The molecule has 9 nitrogen and oxygen atoms in total. The number of nitro groups is 1. The topological polar surface area (TPSA) is 126 Å². The van der Waals surface area contributed by atoms with Crippen molar-refractivity contribution in [1.29, 1.82) is 0 Å². The van der Waals surface area contributed by atoms with Gasteiger partial charge in [0.15, 0.2) is 6.17 Å². The molecule has 0 aliphatic carbocycles. The average molecular weight is 377 g/mol. The number of non-ortho nitro benzene ring substituents is 1. The Morgan fingerprint density at radius 1 is 1.04 bits per heavy atom. The number of nitro benzene ring substituents is 1. The molecule has 1 atom stereocenters. The molecule has 3 aromatic carbocycles. The van der Waals surface area contributed by atoms with Crippen molar-refractivity contribution in [2.24, 2.45) is 0 Å². The predicted octanol–water partition coefficient (Wildman–Crippen LogP) is 3.41. The minimum absolute atomic E-state index is 0.0514. The first-order valence-electron chi connectivity index (χ1n) is 8.36. The van der Waals surface area contributed by atoms with E-state index in [-0.39, 0.29) is 22.7 Å². The second-order valence-electron chi connectivity index (χ2n) is 6.12. The number of hydrogen-bond donors (Lipinski definition) is 3. The van der Waals surface area contributed by atoms with Gasteiger partial charge in [0.05, 0.1) is 10.4 Å². The van der Waals surface area contributed by atoms with E-state index in [1.54, 1.807) is 24.3 Å².